The van der Waals surface area contributed by atoms with Gasteiger partial charge in [-0.2, -0.15) is 0 Å². The standard InChI is InChI=1S/C20H18F2O/c21-19-12-9-16(13-20(19)22)6-5-15-7-10-18(11-8-15)23-14-17-3-1-2-4-17/h7-13,17H,1-4,14H2. The van der Waals surface area contributed by atoms with Gasteiger partial charge in [-0.05, 0) is 61.2 Å². The smallest absolute Gasteiger partial charge is 0.160 e. The Labute approximate surface area is 135 Å². The van der Waals surface area contributed by atoms with Gasteiger partial charge in [-0.15, -0.1) is 0 Å². The first-order chi connectivity index (χ1) is 11.2. The van der Waals surface area contributed by atoms with Crippen LogP contribution < -0.4 is 4.74 Å². The molecule has 118 valence electrons. The first-order valence-electron chi connectivity index (χ1n) is 7.90. The third-order valence-corrected chi connectivity index (χ3v) is 4.09. The van der Waals surface area contributed by atoms with Crippen LogP contribution in [-0.2, 0) is 0 Å². The number of hydrogen-bond donors (Lipinski definition) is 0. The molecule has 0 saturated heterocycles. The van der Waals surface area contributed by atoms with Gasteiger partial charge in [0.15, 0.2) is 11.6 Å². The van der Waals surface area contributed by atoms with E-state index in [0.717, 1.165) is 30.1 Å². The Balaban J connectivity index is 1.60. The average Bonchev–Trinajstić information content (AvgIpc) is 3.08. The second kappa shape index (κ2) is 7.28. The van der Waals surface area contributed by atoms with Gasteiger partial charge >= 0.3 is 0 Å². The van der Waals surface area contributed by atoms with Crippen LogP contribution in [0.2, 0.25) is 0 Å². The van der Waals surface area contributed by atoms with Gasteiger partial charge in [0.05, 0.1) is 6.61 Å². The topological polar surface area (TPSA) is 9.23 Å². The lowest BCUT2D eigenvalue weighted by molar-refractivity contribution is 0.252. The molecule has 2 aromatic carbocycles. The van der Waals surface area contributed by atoms with Crippen molar-refractivity contribution in [1.29, 1.82) is 0 Å². The molecule has 0 aromatic heterocycles. The van der Waals surface area contributed by atoms with Gasteiger partial charge in [-0.3, -0.25) is 0 Å². The maximum atomic E-state index is 13.1. The minimum atomic E-state index is -0.882. The summed E-state index contributed by atoms with van der Waals surface area (Å²) in [6.45, 7) is 0.778. The van der Waals surface area contributed by atoms with Crippen LogP contribution >= 0.6 is 0 Å². The van der Waals surface area contributed by atoms with Crippen LogP contribution in [-0.4, -0.2) is 6.61 Å². The highest BCUT2D eigenvalue weighted by atomic mass is 19.2. The molecule has 0 bridgehead atoms. The van der Waals surface area contributed by atoms with E-state index in [1.807, 2.05) is 24.3 Å². The monoisotopic (exact) mass is 312 g/mol. The largest absolute Gasteiger partial charge is 0.493 e. The Bertz CT molecular complexity index is 720. The van der Waals surface area contributed by atoms with Crippen molar-refractivity contribution in [2.45, 2.75) is 25.7 Å². The maximum Gasteiger partial charge on any atom is 0.160 e. The van der Waals surface area contributed by atoms with E-state index in [1.165, 1.54) is 31.7 Å². The van der Waals surface area contributed by atoms with Crippen molar-refractivity contribution in [1.82, 2.24) is 0 Å². The molecular weight excluding hydrogens is 294 g/mol. The number of hydrogen-bond acceptors (Lipinski definition) is 1. The Morgan fingerprint density at radius 1 is 0.870 bits per heavy atom. The van der Waals surface area contributed by atoms with E-state index >= 15 is 0 Å². The van der Waals surface area contributed by atoms with Crippen LogP contribution in [0.4, 0.5) is 8.78 Å². The first-order valence-corrected chi connectivity index (χ1v) is 7.90. The highest BCUT2D eigenvalue weighted by Gasteiger charge is 2.15. The molecule has 0 aliphatic heterocycles. The normalized spacial score (nSPS) is 14.3. The summed E-state index contributed by atoms with van der Waals surface area (Å²) in [7, 11) is 0. The van der Waals surface area contributed by atoms with Gasteiger partial charge in [-0.1, -0.05) is 24.7 Å². The SMILES string of the molecule is Fc1ccc(C#Cc2ccc(OCC3CCCC3)cc2)cc1F. The summed E-state index contributed by atoms with van der Waals surface area (Å²) in [4.78, 5) is 0. The van der Waals surface area contributed by atoms with Crippen LogP contribution in [0.5, 0.6) is 5.75 Å². The molecule has 1 aliphatic rings. The zero-order valence-electron chi connectivity index (χ0n) is 12.8. The van der Waals surface area contributed by atoms with Crippen LogP contribution in [0.15, 0.2) is 42.5 Å². The molecule has 0 amide bonds. The van der Waals surface area contributed by atoms with E-state index in [2.05, 4.69) is 11.8 Å². The minimum Gasteiger partial charge on any atom is -0.493 e. The zero-order chi connectivity index (χ0) is 16.1. The van der Waals surface area contributed by atoms with Crippen LogP contribution in [0.1, 0.15) is 36.8 Å². The highest BCUT2D eigenvalue weighted by Crippen LogP contribution is 2.25. The van der Waals surface area contributed by atoms with E-state index in [4.69, 9.17) is 4.74 Å². The third kappa shape index (κ3) is 4.32. The Kier molecular flexibility index (Phi) is 4.92. The summed E-state index contributed by atoms with van der Waals surface area (Å²) in [6, 6.07) is 11.2. The summed E-state index contributed by atoms with van der Waals surface area (Å²) in [5.41, 5.74) is 1.26. The van der Waals surface area contributed by atoms with Gasteiger partial charge in [0.25, 0.3) is 0 Å². The molecule has 1 nitrogen and oxygen atoms in total. The van der Waals surface area contributed by atoms with Gasteiger partial charge in [0.1, 0.15) is 5.75 Å². The van der Waals surface area contributed by atoms with Crippen molar-refractivity contribution < 1.29 is 13.5 Å². The van der Waals surface area contributed by atoms with Crippen molar-refractivity contribution in [3.05, 3.63) is 65.2 Å². The second-order valence-corrected chi connectivity index (χ2v) is 5.86. The van der Waals surface area contributed by atoms with Crippen LogP contribution in [0.25, 0.3) is 0 Å². The highest BCUT2D eigenvalue weighted by molar-refractivity contribution is 5.44. The number of benzene rings is 2. The van der Waals surface area contributed by atoms with Crippen molar-refractivity contribution in [3.8, 4) is 17.6 Å². The lowest BCUT2D eigenvalue weighted by atomic mass is 10.1. The predicted molar refractivity (Wildman–Crippen MR) is 86.2 cm³/mol. The molecule has 0 N–H and O–H groups in total. The molecule has 1 saturated carbocycles. The van der Waals surface area contributed by atoms with E-state index < -0.39 is 11.6 Å². The summed E-state index contributed by atoms with van der Waals surface area (Å²) < 4.78 is 31.8. The molecule has 0 spiro atoms. The molecule has 0 atom stereocenters. The fourth-order valence-electron chi connectivity index (χ4n) is 2.74. The van der Waals surface area contributed by atoms with Crippen LogP contribution in [0.3, 0.4) is 0 Å². The first kappa shape index (κ1) is 15.6. The van der Waals surface area contributed by atoms with Crippen molar-refractivity contribution in [2.24, 2.45) is 5.92 Å². The maximum absolute atomic E-state index is 13.1. The molecule has 0 heterocycles. The zero-order valence-corrected chi connectivity index (χ0v) is 12.8. The predicted octanol–water partition coefficient (Wildman–Crippen LogP) is 4.93. The minimum absolute atomic E-state index is 0.449. The van der Waals surface area contributed by atoms with E-state index in [9.17, 15) is 8.78 Å². The summed E-state index contributed by atoms with van der Waals surface area (Å²) >= 11 is 0. The summed E-state index contributed by atoms with van der Waals surface area (Å²) in [6.07, 6.45) is 5.15. The number of ether oxygens (including phenoxy) is 1. The second-order valence-electron chi connectivity index (χ2n) is 5.86. The van der Waals surface area contributed by atoms with Gasteiger partial charge < -0.3 is 4.74 Å². The third-order valence-electron chi connectivity index (χ3n) is 4.09. The Hall–Kier alpha value is -2.34. The van der Waals surface area contributed by atoms with Crippen LogP contribution in [0, 0.1) is 29.4 Å². The molecular formula is C20H18F2O. The summed E-state index contributed by atoms with van der Waals surface area (Å²) in [5, 5.41) is 0. The van der Waals surface area contributed by atoms with Gasteiger partial charge in [0, 0.05) is 11.1 Å². The van der Waals surface area contributed by atoms with Crippen molar-refractivity contribution in [3.63, 3.8) is 0 Å². The fraction of sp³-hybridized carbons (Fsp3) is 0.300. The molecule has 1 aliphatic carbocycles. The molecule has 1 fully saturated rings. The Morgan fingerprint density at radius 2 is 1.52 bits per heavy atom. The number of rotatable bonds is 3. The lowest BCUT2D eigenvalue weighted by Crippen LogP contribution is -2.07. The lowest BCUT2D eigenvalue weighted by Gasteiger charge is -2.11. The van der Waals surface area contributed by atoms with Crippen molar-refractivity contribution in [2.75, 3.05) is 6.61 Å². The molecule has 23 heavy (non-hydrogen) atoms. The summed E-state index contributed by atoms with van der Waals surface area (Å²) in [5.74, 6) is 5.55. The quantitative estimate of drug-likeness (QED) is 0.730. The molecule has 0 radical (unpaired) electrons. The fourth-order valence-corrected chi connectivity index (χ4v) is 2.74. The van der Waals surface area contributed by atoms with Gasteiger partial charge in [0.2, 0.25) is 0 Å². The van der Waals surface area contributed by atoms with E-state index in [0.29, 0.717) is 11.5 Å². The average molecular weight is 312 g/mol. The molecule has 0 unspecified atom stereocenters. The van der Waals surface area contributed by atoms with Crippen molar-refractivity contribution >= 4 is 0 Å². The molecule has 2 aromatic rings. The number of halogens is 2. The van der Waals surface area contributed by atoms with E-state index in [-0.39, 0.29) is 0 Å². The molecule has 3 heteroatoms. The van der Waals surface area contributed by atoms with E-state index in [1.54, 1.807) is 0 Å². The Morgan fingerprint density at radius 3 is 2.22 bits per heavy atom. The van der Waals surface area contributed by atoms with Gasteiger partial charge in [-0.25, -0.2) is 8.78 Å². The molecule has 3 rings (SSSR count).